The van der Waals surface area contributed by atoms with E-state index in [1.807, 2.05) is 0 Å². The quantitative estimate of drug-likeness (QED) is 0.633. The summed E-state index contributed by atoms with van der Waals surface area (Å²) in [6, 6.07) is 9.05. The van der Waals surface area contributed by atoms with Crippen LogP contribution in [-0.4, -0.2) is 22.4 Å². The molecule has 6 heteroatoms. The predicted octanol–water partition coefficient (Wildman–Crippen LogP) is 0.647. The van der Waals surface area contributed by atoms with Gasteiger partial charge < -0.3 is 4.98 Å². The highest BCUT2D eigenvalue weighted by atomic mass is 19.1. The van der Waals surface area contributed by atoms with Crippen LogP contribution in [0.4, 0.5) is 4.39 Å². The molecule has 0 bridgehead atoms. The number of hydrogen-bond donors (Lipinski definition) is 1. The molecule has 0 amide bonds. The molecular weight excluding hydrogens is 232 g/mol. The second-order valence-electron chi connectivity index (χ2n) is 3.81. The third-order valence-corrected chi connectivity index (χ3v) is 2.66. The minimum atomic E-state index is -0.437. The molecule has 2 aromatic heterocycles. The summed E-state index contributed by atoms with van der Waals surface area (Å²) in [4.78, 5) is 18.0. The summed E-state index contributed by atoms with van der Waals surface area (Å²) in [6.07, 6.45) is 0. The Kier molecular flexibility index (Phi) is 2.29. The van der Waals surface area contributed by atoms with Gasteiger partial charge in [-0.15, -0.1) is 0 Å². The number of aromatic nitrogens is 3. The van der Waals surface area contributed by atoms with Gasteiger partial charge in [-0.25, -0.2) is 9.37 Å². The van der Waals surface area contributed by atoms with Gasteiger partial charge in [0.2, 0.25) is 5.56 Å². The number of halogens is 1. The first-order chi connectivity index (χ1) is 8.66. The fraction of sp³-hybridized carbons (Fsp3) is 0. The lowest BCUT2D eigenvalue weighted by molar-refractivity contribution is 0.620. The predicted molar refractivity (Wildman–Crippen MR) is 67.0 cm³/mol. The molecule has 1 aromatic carbocycles. The Morgan fingerprint density at radius 1 is 1.22 bits per heavy atom. The van der Waals surface area contributed by atoms with E-state index in [0.717, 1.165) is 0 Å². The summed E-state index contributed by atoms with van der Waals surface area (Å²) in [5.41, 5.74) is 0.969. The number of hydrogen-bond acceptors (Lipinski definition) is 2. The van der Waals surface area contributed by atoms with Crippen molar-refractivity contribution in [1.82, 2.24) is 14.5 Å². The van der Waals surface area contributed by atoms with Crippen LogP contribution in [0.25, 0.3) is 16.9 Å². The highest BCUT2D eigenvalue weighted by Gasteiger charge is 2.12. The molecule has 18 heavy (non-hydrogen) atoms. The average molecular weight is 239 g/mol. The lowest BCUT2D eigenvalue weighted by Gasteiger charge is -2.07. The summed E-state index contributed by atoms with van der Waals surface area (Å²) in [6.45, 7) is 0. The molecule has 86 valence electrons. The van der Waals surface area contributed by atoms with E-state index in [1.165, 1.54) is 16.7 Å². The van der Waals surface area contributed by atoms with Crippen molar-refractivity contribution in [3.8, 4) is 5.69 Å². The molecule has 0 saturated carbocycles. The van der Waals surface area contributed by atoms with Gasteiger partial charge in [0.1, 0.15) is 17.0 Å². The van der Waals surface area contributed by atoms with E-state index < -0.39 is 5.82 Å². The zero-order valence-corrected chi connectivity index (χ0v) is 9.22. The molecule has 1 N–H and O–H groups in total. The van der Waals surface area contributed by atoms with Crippen LogP contribution in [0.3, 0.4) is 0 Å². The van der Waals surface area contributed by atoms with E-state index in [0.29, 0.717) is 11.2 Å². The minimum absolute atomic E-state index is 0.122. The average Bonchev–Trinajstić information content (AvgIpc) is 2.66. The van der Waals surface area contributed by atoms with Gasteiger partial charge in [-0.3, -0.25) is 9.36 Å². The van der Waals surface area contributed by atoms with Crippen LogP contribution >= 0.6 is 0 Å². The number of nitrogens with zero attached hydrogens (tertiary/aromatic N) is 2. The van der Waals surface area contributed by atoms with Crippen molar-refractivity contribution in [1.29, 1.82) is 0 Å². The fourth-order valence-corrected chi connectivity index (χ4v) is 1.88. The van der Waals surface area contributed by atoms with Crippen LogP contribution in [0.15, 0.2) is 41.2 Å². The maximum Gasteiger partial charge on any atom is 0.249 e. The van der Waals surface area contributed by atoms with Crippen LogP contribution in [0, 0.1) is 5.82 Å². The molecule has 0 aliphatic rings. The van der Waals surface area contributed by atoms with E-state index in [9.17, 15) is 9.18 Å². The van der Waals surface area contributed by atoms with Gasteiger partial charge in [-0.1, -0.05) is 12.1 Å². The Morgan fingerprint density at radius 3 is 2.78 bits per heavy atom. The van der Waals surface area contributed by atoms with Gasteiger partial charge >= 0.3 is 0 Å². The molecule has 0 aliphatic carbocycles. The van der Waals surface area contributed by atoms with Crippen LogP contribution in [0.5, 0.6) is 0 Å². The Hall–Kier alpha value is -2.37. The van der Waals surface area contributed by atoms with Crippen LogP contribution in [-0.2, 0) is 0 Å². The first-order valence-corrected chi connectivity index (χ1v) is 5.29. The van der Waals surface area contributed by atoms with Gasteiger partial charge in [0.25, 0.3) is 0 Å². The number of para-hydroxylation sites is 1. The lowest BCUT2D eigenvalue weighted by Crippen LogP contribution is -2.19. The highest BCUT2D eigenvalue weighted by molar-refractivity contribution is 6.30. The Balaban J connectivity index is 2.42. The topological polar surface area (TPSA) is 50.7 Å². The normalized spacial score (nSPS) is 10.9. The Bertz CT molecular complexity index is 793. The molecule has 0 atom stereocenters. The largest absolute Gasteiger partial charge is 0.306 e. The highest BCUT2D eigenvalue weighted by Crippen LogP contribution is 2.16. The van der Waals surface area contributed by atoms with Gasteiger partial charge in [0, 0.05) is 6.07 Å². The first-order valence-electron chi connectivity index (χ1n) is 5.29. The molecule has 0 unspecified atom stereocenters. The van der Waals surface area contributed by atoms with E-state index in [-0.39, 0.29) is 17.0 Å². The molecule has 3 rings (SSSR count). The summed E-state index contributed by atoms with van der Waals surface area (Å²) in [5.74, 6) is -0.437. The van der Waals surface area contributed by atoms with Crippen molar-refractivity contribution in [2.75, 3.05) is 0 Å². The second kappa shape index (κ2) is 3.84. The molecular formula is C12H7BFN3O. The molecule has 2 heterocycles. The SMILES string of the molecule is [B]c1nc2ccc(=O)[nH]c2n1-c1ccccc1F. The molecule has 0 saturated heterocycles. The summed E-state index contributed by atoms with van der Waals surface area (Å²) in [7, 11) is 5.77. The third kappa shape index (κ3) is 1.54. The molecule has 0 aliphatic heterocycles. The maximum atomic E-state index is 13.8. The molecule has 4 nitrogen and oxygen atoms in total. The minimum Gasteiger partial charge on any atom is -0.306 e. The molecule has 2 radical (unpaired) electrons. The number of imidazole rings is 1. The molecule has 3 aromatic rings. The summed E-state index contributed by atoms with van der Waals surface area (Å²) >= 11 is 0. The molecule has 0 fully saturated rings. The van der Waals surface area contributed by atoms with Crippen LogP contribution in [0.2, 0.25) is 0 Å². The number of H-pyrrole nitrogens is 1. The Labute approximate surface area is 103 Å². The standard InChI is InChI=1S/C12H7BFN3O/c13-12-15-8-5-6-10(18)16-11(8)17(12)9-4-2-1-3-7(9)14/h1-6H,(H,16,18). The van der Waals surface area contributed by atoms with Gasteiger partial charge in [-0.05, 0) is 18.2 Å². The first kappa shape index (κ1) is 10.8. The number of aromatic amines is 1. The number of pyridine rings is 1. The zero-order chi connectivity index (χ0) is 12.7. The number of benzene rings is 1. The van der Waals surface area contributed by atoms with Gasteiger partial charge in [-0.2, -0.15) is 0 Å². The molecule has 0 spiro atoms. The maximum absolute atomic E-state index is 13.8. The summed E-state index contributed by atoms with van der Waals surface area (Å²) in [5, 5.41) is 0. The van der Waals surface area contributed by atoms with E-state index in [4.69, 9.17) is 7.85 Å². The van der Waals surface area contributed by atoms with Crippen molar-refractivity contribution >= 4 is 24.7 Å². The van der Waals surface area contributed by atoms with Crippen LogP contribution < -0.4 is 11.3 Å². The Morgan fingerprint density at radius 2 is 2.00 bits per heavy atom. The van der Waals surface area contributed by atoms with Crippen molar-refractivity contribution in [3.63, 3.8) is 0 Å². The van der Waals surface area contributed by atoms with E-state index >= 15 is 0 Å². The lowest BCUT2D eigenvalue weighted by atomic mass is 10.1. The number of nitrogens with one attached hydrogen (secondary N) is 1. The summed E-state index contributed by atoms with van der Waals surface area (Å²) < 4.78 is 15.1. The number of rotatable bonds is 1. The van der Waals surface area contributed by atoms with Crippen molar-refractivity contribution in [3.05, 3.63) is 52.6 Å². The second-order valence-corrected chi connectivity index (χ2v) is 3.81. The smallest absolute Gasteiger partial charge is 0.249 e. The monoisotopic (exact) mass is 239 g/mol. The third-order valence-electron chi connectivity index (χ3n) is 2.66. The van der Waals surface area contributed by atoms with Gasteiger partial charge in [0.15, 0.2) is 7.85 Å². The van der Waals surface area contributed by atoms with Crippen molar-refractivity contribution in [2.45, 2.75) is 0 Å². The van der Waals surface area contributed by atoms with Crippen molar-refractivity contribution < 1.29 is 4.39 Å². The van der Waals surface area contributed by atoms with Crippen molar-refractivity contribution in [2.24, 2.45) is 0 Å². The van der Waals surface area contributed by atoms with E-state index in [2.05, 4.69) is 9.97 Å². The fourth-order valence-electron chi connectivity index (χ4n) is 1.88. The van der Waals surface area contributed by atoms with E-state index in [1.54, 1.807) is 24.3 Å². The van der Waals surface area contributed by atoms with Crippen LogP contribution in [0.1, 0.15) is 0 Å². The van der Waals surface area contributed by atoms with Gasteiger partial charge in [0.05, 0.1) is 11.4 Å². The zero-order valence-electron chi connectivity index (χ0n) is 9.22. The number of fused-ring (bicyclic) bond motifs is 1.